The van der Waals surface area contributed by atoms with Crippen molar-refractivity contribution in [1.82, 2.24) is 0 Å². The van der Waals surface area contributed by atoms with Crippen molar-refractivity contribution in [3.8, 4) is 11.1 Å². The standard InChI is InChI=1S/C80H59F27P4/c1-42-14-43(2)21-62(20-42)108(63-22-44(3)15-53(29-63)72(81,82)83)38-49-10-8-11-50(39-109(64-23-45(4)16-54(30-64)73(84,85)86)65-24-46(5)17-55(31-65)74(87,88)89)70(49)71-51(40-110(66-25-47(6)18-56(32-66)75(90,91)92)68-34-58(77(96,97)98)27-59(35-68)78(99,100)101)12-9-13-52(71)41-111(67-26-48(7)19-57(33-67)76(93,94)95)69-36-60(79(102,103)104)28-61(37-69)80(105,106)107/h8-37H,38-41H2,1-7H3. The first-order valence-electron chi connectivity index (χ1n) is 32.9. The topological polar surface area (TPSA) is 0 Å². The van der Waals surface area contributed by atoms with Crippen LogP contribution < -0.4 is 42.4 Å². The number of hydrogen-bond donors (Lipinski definition) is 0. The smallest absolute Gasteiger partial charge is 0.166 e. The molecule has 0 aliphatic carbocycles. The largest absolute Gasteiger partial charge is 0.416 e. The quantitative estimate of drug-likeness (QED) is 0.0630. The van der Waals surface area contributed by atoms with Crippen molar-refractivity contribution >= 4 is 74.1 Å². The van der Waals surface area contributed by atoms with E-state index in [1.54, 1.807) is 32.0 Å². The van der Waals surface area contributed by atoms with Gasteiger partial charge in [0, 0.05) is 24.6 Å². The molecule has 0 aromatic heterocycles. The van der Waals surface area contributed by atoms with Gasteiger partial charge in [0.15, 0.2) is 0 Å². The molecule has 0 aliphatic rings. The Morgan fingerprint density at radius 1 is 0.180 bits per heavy atom. The van der Waals surface area contributed by atoms with Gasteiger partial charge in [0.25, 0.3) is 0 Å². The predicted octanol–water partition coefficient (Wildman–Crippen LogP) is 25.2. The number of benzene rings is 10. The van der Waals surface area contributed by atoms with Gasteiger partial charge in [-0.25, -0.2) is 0 Å². The van der Waals surface area contributed by atoms with Gasteiger partial charge >= 0.3 is 55.6 Å². The molecule has 10 aromatic carbocycles. The molecule has 0 saturated carbocycles. The van der Waals surface area contributed by atoms with Crippen LogP contribution >= 0.6 is 31.7 Å². The molecule has 0 spiro atoms. The van der Waals surface area contributed by atoms with E-state index in [0.29, 0.717) is 65.0 Å². The molecule has 111 heavy (non-hydrogen) atoms. The first-order chi connectivity index (χ1) is 51.0. The zero-order valence-corrected chi connectivity index (χ0v) is 62.2. The minimum absolute atomic E-state index is 0.0274. The van der Waals surface area contributed by atoms with Crippen LogP contribution in [-0.4, -0.2) is 0 Å². The maximum absolute atomic E-state index is 15.2. The van der Waals surface area contributed by atoms with Crippen molar-refractivity contribution in [2.24, 2.45) is 0 Å². The first kappa shape index (κ1) is 85.5. The van der Waals surface area contributed by atoms with Crippen molar-refractivity contribution in [1.29, 1.82) is 0 Å². The summed E-state index contributed by atoms with van der Waals surface area (Å²) < 4.78 is 411. The van der Waals surface area contributed by atoms with Gasteiger partial charge < -0.3 is 0 Å². The summed E-state index contributed by atoms with van der Waals surface area (Å²) in [6, 6.07) is 24.8. The zero-order chi connectivity index (χ0) is 82.2. The van der Waals surface area contributed by atoms with Gasteiger partial charge in [0.1, 0.15) is 0 Å². The molecule has 10 rings (SSSR count). The third-order valence-corrected chi connectivity index (χ3v) is 27.5. The summed E-state index contributed by atoms with van der Waals surface area (Å²) in [5.74, 6) is 0. The molecule has 588 valence electrons. The normalized spacial score (nSPS) is 14.0. The van der Waals surface area contributed by atoms with E-state index in [-0.39, 0.29) is 108 Å². The van der Waals surface area contributed by atoms with Crippen LogP contribution in [0.5, 0.6) is 0 Å². The highest BCUT2D eigenvalue weighted by molar-refractivity contribution is 7.73. The average Bonchev–Trinajstić information content (AvgIpc) is 0.755. The summed E-state index contributed by atoms with van der Waals surface area (Å²) in [5.41, 5.74) is -16.3. The van der Waals surface area contributed by atoms with E-state index < -0.39 is 189 Å². The van der Waals surface area contributed by atoms with Gasteiger partial charge in [-0.1, -0.05) is 96.1 Å². The lowest BCUT2D eigenvalue weighted by molar-refractivity contribution is -0.144. The lowest BCUT2D eigenvalue weighted by atomic mass is 9.89. The summed E-state index contributed by atoms with van der Waals surface area (Å²) in [6.07, 6.45) is -52.1. The van der Waals surface area contributed by atoms with E-state index in [9.17, 15) is 0 Å². The summed E-state index contributed by atoms with van der Waals surface area (Å²) in [6.45, 7) is 9.22. The summed E-state index contributed by atoms with van der Waals surface area (Å²) in [7, 11) is -11.7. The fourth-order valence-electron chi connectivity index (χ4n) is 13.2. The lowest BCUT2D eigenvalue weighted by Crippen LogP contribution is -2.22. The summed E-state index contributed by atoms with van der Waals surface area (Å²) in [5, 5.41) is -3.38. The minimum atomic E-state index is -5.66. The van der Waals surface area contributed by atoms with Gasteiger partial charge in [0.2, 0.25) is 0 Å². The number of hydrogen-bond acceptors (Lipinski definition) is 0. The third-order valence-electron chi connectivity index (χ3n) is 17.8. The Balaban J connectivity index is 1.44. The molecule has 3 unspecified atom stereocenters. The molecule has 0 saturated heterocycles. The van der Waals surface area contributed by atoms with Crippen LogP contribution in [0, 0.1) is 48.5 Å². The number of rotatable bonds is 17. The van der Waals surface area contributed by atoms with Crippen molar-refractivity contribution in [3.63, 3.8) is 0 Å². The number of aryl methyl sites for hydroxylation is 7. The molecule has 10 aromatic rings. The lowest BCUT2D eigenvalue weighted by Gasteiger charge is -2.30. The molecule has 0 aliphatic heterocycles. The second-order valence-corrected chi connectivity index (χ2v) is 35.7. The predicted molar refractivity (Wildman–Crippen MR) is 381 cm³/mol. The Morgan fingerprint density at radius 3 is 0.477 bits per heavy atom. The van der Waals surface area contributed by atoms with E-state index in [4.69, 9.17) is 0 Å². The van der Waals surface area contributed by atoms with E-state index in [2.05, 4.69) is 0 Å². The number of alkyl halides is 27. The van der Waals surface area contributed by atoms with Gasteiger partial charge in [-0.05, 0) is 281 Å². The van der Waals surface area contributed by atoms with E-state index in [1.165, 1.54) is 57.2 Å². The third kappa shape index (κ3) is 20.7. The molecule has 0 heterocycles. The Hall–Kier alpha value is -7.97. The molecule has 3 atom stereocenters. The molecule has 31 heteroatoms. The molecule has 0 N–H and O–H groups in total. The monoisotopic (exact) mass is 1660 g/mol. The minimum Gasteiger partial charge on any atom is -0.166 e. The average molecular weight is 1660 g/mol. The van der Waals surface area contributed by atoms with Gasteiger partial charge in [-0.15, -0.1) is 0 Å². The molecular weight excluding hydrogens is 1600 g/mol. The van der Waals surface area contributed by atoms with E-state index >= 15 is 119 Å². The molecule has 0 radical (unpaired) electrons. The highest BCUT2D eigenvalue weighted by atomic mass is 31.1. The van der Waals surface area contributed by atoms with Gasteiger partial charge in [-0.3, -0.25) is 0 Å². The zero-order valence-electron chi connectivity index (χ0n) is 58.6. The second kappa shape index (κ2) is 31.4. The van der Waals surface area contributed by atoms with Gasteiger partial charge in [0.05, 0.1) is 50.1 Å². The Labute approximate surface area is 623 Å². The molecule has 0 nitrogen and oxygen atoms in total. The highest BCUT2D eigenvalue weighted by Crippen LogP contribution is 2.55. The van der Waals surface area contributed by atoms with Gasteiger partial charge in [-0.2, -0.15) is 119 Å². The summed E-state index contributed by atoms with van der Waals surface area (Å²) >= 11 is 0. The van der Waals surface area contributed by atoms with Crippen LogP contribution in [0.25, 0.3) is 11.1 Å². The summed E-state index contributed by atoms with van der Waals surface area (Å²) in [4.78, 5) is 0. The Morgan fingerprint density at radius 2 is 0.315 bits per heavy atom. The molecule has 0 bridgehead atoms. The van der Waals surface area contributed by atoms with Crippen LogP contribution in [0.15, 0.2) is 182 Å². The molecule has 0 fully saturated rings. The van der Waals surface area contributed by atoms with Crippen LogP contribution in [0.4, 0.5) is 119 Å². The van der Waals surface area contributed by atoms with Crippen LogP contribution in [0.3, 0.4) is 0 Å². The van der Waals surface area contributed by atoms with Crippen LogP contribution in [0.2, 0.25) is 0 Å². The second-order valence-electron chi connectivity index (χ2n) is 26.9. The van der Waals surface area contributed by atoms with Crippen molar-refractivity contribution in [3.05, 3.63) is 293 Å². The maximum atomic E-state index is 15.2. The van der Waals surface area contributed by atoms with E-state index in [1.807, 2.05) is 0 Å². The van der Waals surface area contributed by atoms with Crippen LogP contribution in [-0.2, 0) is 80.2 Å². The number of halogens is 27. The van der Waals surface area contributed by atoms with Crippen molar-refractivity contribution in [2.75, 3.05) is 0 Å². The molecular formula is C80H59F27P4. The van der Waals surface area contributed by atoms with Crippen LogP contribution in [0.1, 0.15) is 111 Å². The maximum Gasteiger partial charge on any atom is 0.416 e. The fraction of sp³-hybridized carbons (Fsp3) is 0.250. The Kier molecular flexibility index (Phi) is 24.2. The van der Waals surface area contributed by atoms with Crippen molar-refractivity contribution in [2.45, 2.75) is 129 Å². The first-order valence-corrected chi connectivity index (χ1v) is 39.0. The highest BCUT2D eigenvalue weighted by Gasteiger charge is 2.43. The van der Waals surface area contributed by atoms with Crippen molar-refractivity contribution < 1.29 is 119 Å². The Bertz CT molecular complexity index is 4810. The van der Waals surface area contributed by atoms with E-state index in [0.717, 1.165) is 56.3 Å². The fourth-order valence-corrected chi connectivity index (χ4v) is 23.4. The molecule has 0 amide bonds. The SMILES string of the molecule is Cc1cc(C)cc(P(Cc2cccc(CP(c3cc(C)cc(C(F)(F)F)c3)c3cc(C)cc(C(F)(F)F)c3)c2-c2c(CP(c3cc(C)cc(C(F)(F)F)c3)c3cc(C(F)(F)F)cc(C(F)(F)F)c3)cccc2CP(c2cc(C)cc(C(F)(F)F)c2)c2cc(C(F)(F)F)cc(C(F)(F)F)c2)c2cc(C)cc(C(F)(F)F)c2)c1.